The van der Waals surface area contributed by atoms with Crippen LogP contribution in [0.4, 0.5) is 0 Å². The lowest BCUT2D eigenvalue weighted by Gasteiger charge is -2.19. The molecule has 0 heterocycles. The van der Waals surface area contributed by atoms with Gasteiger partial charge in [0.1, 0.15) is 0 Å². The molecule has 4 nitrogen and oxygen atoms in total. The van der Waals surface area contributed by atoms with Gasteiger partial charge in [-0.15, -0.1) is 0 Å². The average molecular weight is 905 g/mol. The largest absolute Gasteiger partial charge is 0.394 e. The van der Waals surface area contributed by atoms with Crippen molar-refractivity contribution in [2.75, 3.05) is 6.61 Å². The van der Waals surface area contributed by atoms with Crippen LogP contribution in [0.3, 0.4) is 0 Å². The zero-order valence-corrected chi connectivity index (χ0v) is 43.2. The highest BCUT2D eigenvalue weighted by atomic mass is 16.3. The van der Waals surface area contributed by atoms with Crippen LogP contribution in [0, 0.1) is 0 Å². The predicted molar refractivity (Wildman–Crippen MR) is 290 cm³/mol. The number of carbonyl (C=O) groups is 1. The zero-order valence-electron chi connectivity index (χ0n) is 43.2. The first-order valence-electron chi connectivity index (χ1n) is 28.3. The zero-order chi connectivity index (χ0) is 47.0. The second-order valence-corrected chi connectivity index (χ2v) is 19.0. The molecule has 0 aromatic rings. The molecule has 2 unspecified atom stereocenters. The third-order valence-corrected chi connectivity index (χ3v) is 12.6. The van der Waals surface area contributed by atoms with Gasteiger partial charge in [-0.3, -0.25) is 4.79 Å². The van der Waals surface area contributed by atoms with Gasteiger partial charge < -0.3 is 15.5 Å². The third-order valence-electron chi connectivity index (χ3n) is 12.6. The number of rotatable bonds is 51. The van der Waals surface area contributed by atoms with Gasteiger partial charge in [-0.25, -0.2) is 0 Å². The monoisotopic (exact) mass is 904 g/mol. The topological polar surface area (TPSA) is 69.6 Å². The van der Waals surface area contributed by atoms with E-state index in [9.17, 15) is 15.0 Å². The minimum absolute atomic E-state index is 0.0812. The smallest absolute Gasteiger partial charge is 0.220 e. The van der Waals surface area contributed by atoms with Gasteiger partial charge in [-0.2, -0.15) is 0 Å². The molecule has 0 aliphatic heterocycles. The summed E-state index contributed by atoms with van der Waals surface area (Å²) in [4.78, 5) is 12.5. The molecular formula is C61H109NO3. The van der Waals surface area contributed by atoms with Crippen molar-refractivity contribution in [2.45, 2.75) is 289 Å². The van der Waals surface area contributed by atoms with Gasteiger partial charge in [-0.1, -0.05) is 272 Å². The van der Waals surface area contributed by atoms with Crippen LogP contribution in [-0.4, -0.2) is 34.9 Å². The summed E-state index contributed by atoms with van der Waals surface area (Å²) in [7, 11) is 0. The number of unbranched alkanes of at least 4 members (excludes halogenated alkanes) is 32. The van der Waals surface area contributed by atoms with Crippen LogP contribution < -0.4 is 5.32 Å². The molecule has 0 bridgehead atoms. The van der Waals surface area contributed by atoms with E-state index < -0.39 is 12.1 Å². The van der Waals surface area contributed by atoms with Gasteiger partial charge in [0.15, 0.2) is 0 Å². The van der Waals surface area contributed by atoms with Gasteiger partial charge in [-0.05, 0) is 83.5 Å². The lowest BCUT2D eigenvalue weighted by molar-refractivity contribution is -0.123. The molecule has 0 aromatic heterocycles. The molecule has 4 heteroatoms. The Kier molecular flexibility index (Phi) is 53.8. The van der Waals surface area contributed by atoms with E-state index in [1.54, 1.807) is 6.08 Å². The summed E-state index contributed by atoms with van der Waals surface area (Å²) in [5, 5.41) is 23.1. The summed E-state index contributed by atoms with van der Waals surface area (Å²) in [5.74, 6) is -0.0812. The van der Waals surface area contributed by atoms with Gasteiger partial charge in [0.05, 0.1) is 18.8 Å². The van der Waals surface area contributed by atoms with E-state index in [1.165, 1.54) is 193 Å². The Hall–Kier alpha value is -2.43. The first-order valence-corrected chi connectivity index (χ1v) is 28.3. The Morgan fingerprint density at radius 3 is 1.08 bits per heavy atom. The van der Waals surface area contributed by atoms with Crippen LogP contribution in [-0.2, 0) is 4.79 Å². The van der Waals surface area contributed by atoms with Crippen LogP contribution in [0.5, 0.6) is 0 Å². The number of allylic oxidation sites excluding steroid dienone is 13. The van der Waals surface area contributed by atoms with E-state index in [2.05, 4.69) is 92.1 Å². The highest BCUT2D eigenvalue weighted by Crippen LogP contribution is 2.16. The highest BCUT2D eigenvalue weighted by Gasteiger charge is 2.18. The Bertz CT molecular complexity index is 1160. The van der Waals surface area contributed by atoms with E-state index in [4.69, 9.17) is 0 Å². The fraction of sp³-hybridized carbons (Fsp3) is 0.754. The number of hydrogen-bond donors (Lipinski definition) is 3. The summed E-state index contributed by atoms with van der Waals surface area (Å²) in [6, 6.07) is -0.652. The maximum Gasteiger partial charge on any atom is 0.220 e. The van der Waals surface area contributed by atoms with Crippen molar-refractivity contribution < 1.29 is 15.0 Å². The SMILES string of the molecule is CC/C=C\C/C=C\C/C=C\C/C=C\CCCCCCCCCCCCCCC(=O)NC(CO)C(O)/C=C/CC/C=C/CC/C=C/CCCCCCCCCCCCCCCCCCCC. The summed E-state index contributed by atoms with van der Waals surface area (Å²) in [5.41, 5.74) is 0. The number of carbonyl (C=O) groups excluding carboxylic acids is 1. The lowest BCUT2D eigenvalue weighted by Crippen LogP contribution is -2.45. The number of amides is 1. The molecule has 1 amide bonds. The van der Waals surface area contributed by atoms with E-state index in [1.807, 2.05) is 6.08 Å². The van der Waals surface area contributed by atoms with Crippen molar-refractivity contribution >= 4 is 5.91 Å². The summed E-state index contributed by atoms with van der Waals surface area (Å²) >= 11 is 0. The Balaban J connectivity index is 3.58. The predicted octanol–water partition coefficient (Wildman–Crippen LogP) is 18.8. The molecule has 0 aliphatic rings. The quantitative estimate of drug-likeness (QED) is 0.0421. The van der Waals surface area contributed by atoms with Crippen LogP contribution in [0.25, 0.3) is 0 Å². The Morgan fingerprint density at radius 1 is 0.385 bits per heavy atom. The van der Waals surface area contributed by atoms with E-state index in [-0.39, 0.29) is 12.5 Å². The molecule has 65 heavy (non-hydrogen) atoms. The molecule has 376 valence electrons. The van der Waals surface area contributed by atoms with Crippen molar-refractivity contribution in [1.82, 2.24) is 5.32 Å². The maximum atomic E-state index is 12.5. The molecule has 0 rings (SSSR count). The van der Waals surface area contributed by atoms with Gasteiger partial charge >= 0.3 is 0 Å². The molecule has 3 N–H and O–H groups in total. The standard InChI is InChI=1S/C61H109NO3/c1-3-5-7-9-11-13-15-17-19-21-23-25-27-29-30-31-33-34-36-38-40-42-44-46-48-50-52-54-56-60(64)59(58-63)62-61(65)57-55-53-51-49-47-45-43-41-39-37-35-32-28-26-24-22-20-18-16-14-12-10-8-6-4-2/h6,8,12,14,18,20,24,26,38,40,46,48,54,56,59-60,63-64H,3-5,7,9-11,13,15-17,19,21-23,25,27-37,39,41-45,47,49-53,55,57-58H2,1-2H3,(H,62,65)/b8-6-,14-12-,20-18-,26-24-,40-38+,48-46+,56-54+. The Labute approximate surface area is 405 Å². The van der Waals surface area contributed by atoms with Gasteiger partial charge in [0, 0.05) is 6.42 Å². The van der Waals surface area contributed by atoms with E-state index in [0.717, 1.165) is 64.2 Å². The van der Waals surface area contributed by atoms with Crippen molar-refractivity contribution in [3.63, 3.8) is 0 Å². The van der Waals surface area contributed by atoms with Crippen LogP contribution in [0.15, 0.2) is 85.1 Å². The first-order chi connectivity index (χ1) is 32.2. The minimum atomic E-state index is -0.877. The molecule has 0 fully saturated rings. The molecular weight excluding hydrogens is 795 g/mol. The molecule has 0 saturated heterocycles. The van der Waals surface area contributed by atoms with Gasteiger partial charge in [0.25, 0.3) is 0 Å². The highest BCUT2D eigenvalue weighted by molar-refractivity contribution is 5.76. The molecule has 0 aromatic carbocycles. The molecule has 2 atom stereocenters. The fourth-order valence-corrected chi connectivity index (χ4v) is 8.32. The number of aliphatic hydroxyl groups excluding tert-OH is 2. The van der Waals surface area contributed by atoms with Crippen LogP contribution >= 0.6 is 0 Å². The second-order valence-electron chi connectivity index (χ2n) is 19.0. The van der Waals surface area contributed by atoms with Gasteiger partial charge in [0.2, 0.25) is 5.91 Å². The van der Waals surface area contributed by atoms with Crippen LogP contribution in [0.1, 0.15) is 277 Å². The summed E-state index contributed by atoms with van der Waals surface area (Å²) in [6.07, 6.45) is 81.8. The van der Waals surface area contributed by atoms with Crippen LogP contribution in [0.2, 0.25) is 0 Å². The second kappa shape index (κ2) is 55.9. The molecule has 0 radical (unpaired) electrons. The van der Waals surface area contributed by atoms with E-state index in [0.29, 0.717) is 6.42 Å². The third kappa shape index (κ3) is 52.4. The fourth-order valence-electron chi connectivity index (χ4n) is 8.32. The van der Waals surface area contributed by atoms with Crippen molar-refractivity contribution in [3.05, 3.63) is 85.1 Å². The first kappa shape index (κ1) is 62.6. The number of nitrogens with one attached hydrogen (secondary N) is 1. The number of hydrogen-bond acceptors (Lipinski definition) is 3. The molecule has 0 aliphatic carbocycles. The van der Waals surface area contributed by atoms with E-state index >= 15 is 0 Å². The summed E-state index contributed by atoms with van der Waals surface area (Å²) < 4.78 is 0. The molecule has 0 saturated carbocycles. The lowest BCUT2D eigenvalue weighted by atomic mass is 10.0. The minimum Gasteiger partial charge on any atom is -0.394 e. The molecule has 0 spiro atoms. The number of aliphatic hydroxyl groups is 2. The van der Waals surface area contributed by atoms with Crippen molar-refractivity contribution in [2.24, 2.45) is 0 Å². The normalized spacial score (nSPS) is 13.5. The van der Waals surface area contributed by atoms with Crippen molar-refractivity contribution in [1.29, 1.82) is 0 Å². The Morgan fingerprint density at radius 2 is 0.692 bits per heavy atom. The maximum absolute atomic E-state index is 12.5. The van der Waals surface area contributed by atoms with Crippen molar-refractivity contribution in [3.8, 4) is 0 Å². The summed E-state index contributed by atoms with van der Waals surface area (Å²) in [6.45, 7) is 4.20. The average Bonchev–Trinajstić information content (AvgIpc) is 3.31.